The van der Waals surface area contributed by atoms with Crippen LogP contribution in [0, 0.1) is 11.6 Å². The number of amides is 1. The SMILES string of the molecule is CCC(C(=O)Nc1ccc(F)c(F)c1)N(c1ccc(OC)cc1)S(C)(=O)=O. The van der Waals surface area contributed by atoms with Crippen molar-refractivity contribution in [2.75, 3.05) is 23.0 Å². The highest BCUT2D eigenvalue weighted by molar-refractivity contribution is 7.92. The minimum Gasteiger partial charge on any atom is -0.497 e. The molecule has 2 rings (SSSR count). The lowest BCUT2D eigenvalue weighted by Crippen LogP contribution is -2.47. The summed E-state index contributed by atoms with van der Waals surface area (Å²) < 4.78 is 57.1. The lowest BCUT2D eigenvalue weighted by Gasteiger charge is -2.30. The van der Waals surface area contributed by atoms with E-state index in [0.29, 0.717) is 5.75 Å². The fourth-order valence-corrected chi connectivity index (χ4v) is 3.80. The van der Waals surface area contributed by atoms with E-state index in [9.17, 15) is 22.0 Å². The maximum Gasteiger partial charge on any atom is 0.248 e. The van der Waals surface area contributed by atoms with Gasteiger partial charge in [-0.05, 0) is 42.8 Å². The lowest BCUT2D eigenvalue weighted by atomic mass is 10.1. The van der Waals surface area contributed by atoms with E-state index in [4.69, 9.17) is 4.74 Å². The van der Waals surface area contributed by atoms with Crippen LogP contribution in [0.4, 0.5) is 20.2 Å². The third kappa shape index (κ3) is 4.94. The Kier molecular flexibility index (Phi) is 6.37. The molecule has 1 amide bonds. The van der Waals surface area contributed by atoms with Crippen LogP contribution < -0.4 is 14.4 Å². The van der Waals surface area contributed by atoms with Crippen LogP contribution >= 0.6 is 0 Å². The van der Waals surface area contributed by atoms with Crippen LogP contribution in [-0.2, 0) is 14.8 Å². The number of sulfonamides is 1. The zero-order valence-electron chi connectivity index (χ0n) is 15.1. The quantitative estimate of drug-likeness (QED) is 0.777. The first-order chi connectivity index (χ1) is 12.7. The van der Waals surface area contributed by atoms with Gasteiger partial charge in [-0.2, -0.15) is 0 Å². The van der Waals surface area contributed by atoms with Crippen molar-refractivity contribution in [3.05, 3.63) is 54.1 Å². The van der Waals surface area contributed by atoms with Crippen LogP contribution in [-0.4, -0.2) is 33.7 Å². The molecule has 1 atom stereocenters. The zero-order valence-corrected chi connectivity index (χ0v) is 15.9. The molecule has 0 saturated carbocycles. The Labute approximate surface area is 156 Å². The minimum atomic E-state index is -3.80. The van der Waals surface area contributed by atoms with Gasteiger partial charge >= 0.3 is 0 Å². The first-order valence-electron chi connectivity index (χ1n) is 8.06. The average molecular weight is 398 g/mol. The number of carbonyl (C=O) groups excluding carboxylic acids is 1. The van der Waals surface area contributed by atoms with Gasteiger partial charge in [0.15, 0.2) is 11.6 Å². The van der Waals surface area contributed by atoms with Crippen molar-refractivity contribution in [3.8, 4) is 5.75 Å². The molecular weight excluding hydrogens is 378 g/mol. The van der Waals surface area contributed by atoms with Crippen molar-refractivity contribution in [2.45, 2.75) is 19.4 Å². The maximum atomic E-state index is 13.4. The summed E-state index contributed by atoms with van der Waals surface area (Å²) in [7, 11) is -2.32. The van der Waals surface area contributed by atoms with Gasteiger partial charge in [0.05, 0.1) is 19.1 Å². The van der Waals surface area contributed by atoms with Crippen LogP contribution in [0.25, 0.3) is 0 Å². The number of nitrogens with one attached hydrogen (secondary N) is 1. The fourth-order valence-electron chi connectivity index (χ4n) is 2.59. The second-order valence-electron chi connectivity index (χ2n) is 5.80. The van der Waals surface area contributed by atoms with Crippen molar-refractivity contribution in [3.63, 3.8) is 0 Å². The third-order valence-electron chi connectivity index (χ3n) is 3.84. The molecule has 2 aromatic carbocycles. The second-order valence-corrected chi connectivity index (χ2v) is 7.66. The molecule has 146 valence electrons. The van der Waals surface area contributed by atoms with Gasteiger partial charge in [-0.15, -0.1) is 0 Å². The molecule has 0 radical (unpaired) electrons. The smallest absolute Gasteiger partial charge is 0.248 e. The summed E-state index contributed by atoms with van der Waals surface area (Å²) in [6.45, 7) is 1.65. The molecule has 2 aromatic rings. The largest absolute Gasteiger partial charge is 0.497 e. The van der Waals surface area contributed by atoms with Crippen molar-refractivity contribution >= 4 is 27.3 Å². The van der Waals surface area contributed by atoms with Crippen molar-refractivity contribution in [1.82, 2.24) is 0 Å². The van der Waals surface area contributed by atoms with Crippen molar-refractivity contribution in [2.24, 2.45) is 0 Å². The minimum absolute atomic E-state index is 0.0283. The summed E-state index contributed by atoms with van der Waals surface area (Å²) in [6.07, 6.45) is 1.15. The van der Waals surface area contributed by atoms with E-state index in [1.165, 1.54) is 25.3 Å². The number of hydrogen-bond acceptors (Lipinski definition) is 4. The van der Waals surface area contributed by atoms with Crippen LogP contribution in [0.2, 0.25) is 0 Å². The van der Waals surface area contributed by atoms with E-state index in [-0.39, 0.29) is 17.8 Å². The molecule has 1 N–H and O–H groups in total. The monoisotopic (exact) mass is 398 g/mol. The number of carbonyl (C=O) groups is 1. The summed E-state index contributed by atoms with van der Waals surface area (Å²) in [5.41, 5.74) is 0.311. The molecule has 1 unspecified atom stereocenters. The Morgan fingerprint density at radius 2 is 1.78 bits per heavy atom. The molecule has 9 heteroatoms. The van der Waals surface area contributed by atoms with E-state index in [0.717, 1.165) is 22.7 Å². The number of rotatable bonds is 7. The summed E-state index contributed by atoms with van der Waals surface area (Å²) in [5.74, 6) is -2.29. The van der Waals surface area contributed by atoms with E-state index >= 15 is 0 Å². The number of ether oxygens (including phenoxy) is 1. The van der Waals surface area contributed by atoms with E-state index in [1.807, 2.05) is 0 Å². The normalized spacial score (nSPS) is 12.3. The Bertz CT molecular complexity index is 917. The predicted molar refractivity (Wildman–Crippen MR) is 99.4 cm³/mol. The molecule has 0 aromatic heterocycles. The third-order valence-corrected chi connectivity index (χ3v) is 5.02. The highest BCUT2D eigenvalue weighted by Gasteiger charge is 2.31. The summed E-state index contributed by atoms with van der Waals surface area (Å²) in [6, 6.07) is 8.02. The highest BCUT2D eigenvalue weighted by Crippen LogP contribution is 2.26. The molecule has 0 spiro atoms. The van der Waals surface area contributed by atoms with Gasteiger partial charge in [0.1, 0.15) is 11.8 Å². The van der Waals surface area contributed by atoms with Gasteiger partial charge in [0.25, 0.3) is 0 Å². The van der Waals surface area contributed by atoms with E-state index < -0.39 is 33.6 Å². The molecule has 0 fully saturated rings. The van der Waals surface area contributed by atoms with Gasteiger partial charge in [0, 0.05) is 11.8 Å². The topological polar surface area (TPSA) is 75.7 Å². The maximum absolute atomic E-state index is 13.4. The van der Waals surface area contributed by atoms with Gasteiger partial charge in [-0.3, -0.25) is 9.10 Å². The average Bonchev–Trinajstić information content (AvgIpc) is 2.61. The molecule has 0 aliphatic rings. The van der Waals surface area contributed by atoms with Crippen molar-refractivity contribution in [1.29, 1.82) is 0 Å². The lowest BCUT2D eigenvalue weighted by molar-refractivity contribution is -0.117. The standard InChI is InChI=1S/C18H20F2N2O4S/c1-4-17(18(23)21-12-5-10-15(19)16(20)11-12)22(27(3,24)25)13-6-8-14(26-2)9-7-13/h5-11,17H,4H2,1-3H3,(H,21,23). The Hall–Kier alpha value is -2.68. The number of methoxy groups -OCH3 is 1. The summed E-state index contributed by atoms with van der Waals surface area (Å²) in [5, 5.41) is 2.43. The van der Waals surface area contributed by atoms with Crippen LogP contribution in [0.5, 0.6) is 5.75 Å². The Balaban J connectivity index is 2.35. The summed E-state index contributed by atoms with van der Waals surface area (Å²) in [4.78, 5) is 12.7. The molecule has 0 aliphatic heterocycles. The number of nitrogens with zero attached hydrogens (tertiary/aromatic N) is 1. The summed E-state index contributed by atoms with van der Waals surface area (Å²) >= 11 is 0. The van der Waals surface area contributed by atoms with Gasteiger partial charge in [0.2, 0.25) is 15.9 Å². The Morgan fingerprint density at radius 3 is 2.26 bits per heavy atom. The molecule has 6 nitrogen and oxygen atoms in total. The molecule has 0 saturated heterocycles. The highest BCUT2D eigenvalue weighted by atomic mass is 32.2. The van der Waals surface area contributed by atoms with Gasteiger partial charge in [-0.25, -0.2) is 17.2 Å². The first-order valence-corrected chi connectivity index (χ1v) is 9.91. The molecule has 27 heavy (non-hydrogen) atoms. The molecule has 0 bridgehead atoms. The molecule has 0 aliphatic carbocycles. The van der Waals surface area contributed by atoms with E-state index in [1.54, 1.807) is 19.1 Å². The fraction of sp³-hybridized carbons (Fsp3) is 0.278. The number of benzene rings is 2. The van der Waals surface area contributed by atoms with Crippen LogP contribution in [0.15, 0.2) is 42.5 Å². The number of anilines is 2. The second kappa shape index (κ2) is 8.34. The number of halogens is 2. The zero-order chi connectivity index (χ0) is 20.2. The first kappa shape index (κ1) is 20.6. The number of hydrogen-bond donors (Lipinski definition) is 1. The molecular formula is C18H20F2N2O4S. The van der Waals surface area contributed by atoms with E-state index in [2.05, 4.69) is 5.32 Å². The van der Waals surface area contributed by atoms with Crippen LogP contribution in [0.3, 0.4) is 0 Å². The Morgan fingerprint density at radius 1 is 1.15 bits per heavy atom. The molecule has 0 heterocycles. The predicted octanol–water partition coefficient (Wildman–Crippen LogP) is 3.16. The van der Waals surface area contributed by atoms with Gasteiger partial charge in [-0.1, -0.05) is 6.92 Å². The van der Waals surface area contributed by atoms with Crippen molar-refractivity contribution < 1.29 is 26.7 Å². The van der Waals surface area contributed by atoms with Gasteiger partial charge < -0.3 is 10.1 Å². The van der Waals surface area contributed by atoms with Crippen LogP contribution in [0.1, 0.15) is 13.3 Å².